The third kappa shape index (κ3) is 5.81. The highest BCUT2D eigenvalue weighted by atomic mass is 35.5. The van der Waals surface area contributed by atoms with E-state index in [0.29, 0.717) is 11.6 Å². The molecular weight excluding hydrogens is 386 g/mol. The Labute approximate surface area is 177 Å². The van der Waals surface area contributed by atoms with Crippen LogP contribution in [-0.4, -0.2) is 35.8 Å². The van der Waals surface area contributed by atoms with E-state index in [-0.39, 0.29) is 23.8 Å². The summed E-state index contributed by atoms with van der Waals surface area (Å²) in [4.78, 5) is 27.3. The maximum atomic E-state index is 12.7. The number of hydrogen-bond acceptors (Lipinski definition) is 3. The number of nitrogens with one attached hydrogen (secondary N) is 2. The number of aryl methyl sites for hydroxylation is 1. The zero-order chi connectivity index (χ0) is 20.8. The Morgan fingerprint density at radius 2 is 1.83 bits per heavy atom. The molecule has 0 saturated carbocycles. The average Bonchev–Trinajstić information content (AvgIpc) is 2.75. The number of anilines is 1. The SMILES string of the molecule is Cc1ccc(Cl)cc1NC(=O)[C@@H](C)N1CCC(C(=O)NCc2ccccc2)CC1. The maximum Gasteiger partial charge on any atom is 0.241 e. The number of amides is 2. The fourth-order valence-corrected chi connectivity index (χ4v) is 3.78. The molecule has 0 bridgehead atoms. The molecule has 0 aliphatic carbocycles. The zero-order valence-electron chi connectivity index (χ0n) is 17.0. The van der Waals surface area contributed by atoms with Crippen LogP contribution in [0.3, 0.4) is 0 Å². The molecule has 1 saturated heterocycles. The molecule has 3 rings (SSSR count). The first kappa shape index (κ1) is 21.3. The third-order valence-electron chi connectivity index (χ3n) is 5.59. The summed E-state index contributed by atoms with van der Waals surface area (Å²) in [7, 11) is 0. The predicted molar refractivity (Wildman–Crippen MR) is 117 cm³/mol. The van der Waals surface area contributed by atoms with Gasteiger partial charge in [0.2, 0.25) is 11.8 Å². The van der Waals surface area contributed by atoms with Crippen LogP contribution in [0.5, 0.6) is 0 Å². The van der Waals surface area contributed by atoms with E-state index in [0.717, 1.165) is 42.7 Å². The quantitative estimate of drug-likeness (QED) is 0.752. The monoisotopic (exact) mass is 413 g/mol. The van der Waals surface area contributed by atoms with Gasteiger partial charge < -0.3 is 10.6 Å². The zero-order valence-corrected chi connectivity index (χ0v) is 17.7. The van der Waals surface area contributed by atoms with Crippen molar-refractivity contribution in [3.63, 3.8) is 0 Å². The highest BCUT2D eigenvalue weighted by Gasteiger charge is 2.29. The molecule has 1 fully saturated rings. The fraction of sp³-hybridized carbons (Fsp3) is 0.391. The largest absolute Gasteiger partial charge is 0.352 e. The summed E-state index contributed by atoms with van der Waals surface area (Å²) in [6.45, 7) is 5.86. The first-order valence-electron chi connectivity index (χ1n) is 10.1. The Morgan fingerprint density at radius 3 is 2.52 bits per heavy atom. The van der Waals surface area contributed by atoms with E-state index < -0.39 is 0 Å². The second-order valence-electron chi connectivity index (χ2n) is 7.64. The van der Waals surface area contributed by atoms with Crippen molar-refractivity contribution in [1.29, 1.82) is 0 Å². The van der Waals surface area contributed by atoms with Gasteiger partial charge in [-0.3, -0.25) is 14.5 Å². The summed E-state index contributed by atoms with van der Waals surface area (Å²) in [5, 5.41) is 6.60. The van der Waals surface area contributed by atoms with Crippen molar-refractivity contribution in [2.75, 3.05) is 18.4 Å². The van der Waals surface area contributed by atoms with Crippen LogP contribution in [0.2, 0.25) is 5.02 Å². The highest BCUT2D eigenvalue weighted by molar-refractivity contribution is 6.31. The number of likely N-dealkylation sites (tertiary alicyclic amines) is 1. The Morgan fingerprint density at radius 1 is 1.14 bits per heavy atom. The third-order valence-corrected chi connectivity index (χ3v) is 5.83. The topological polar surface area (TPSA) is 61.4 Å². The van der Waals surface area contributed by atoms with Crippen molar-refractivity contribution in [3.05, 3.63) is 64.7 Å². The summed E-state index contributed by atoms with van der Waals surface area (Å²) < 4.78 is 0. The lowest BCUT2D eigenvalue weighted by atomic mass is 9.94. The number of piperidine rings is 1. The van der Waals surface area contributed by atoms with E-state index in [9.17, 15) is 9.59 Å². The van der Waals surface area contributed by atoms with Gasteiger partial charge >= 0.3 is 0 Å². The van der Waals surface area contributed by atoms with E-state index in [1.807, 2.05) is 56.3 Å². The highest BCUT2D eigenvalue weighted by Crippen LogP contribution is 2.23. The van der Waals surface area contributed by atoms with Crippen molar-refractivity contribution in [2.45, 2.75) is 39.3 Å². The van der Waals surface area contributed by atoms with Crippen molar-refractivity contribution < 1.29 is 9.59 Å². The molecule has 1 atom stereocenters. The van der Waals surface area contributed by atoms with Gasteiger partial charge in [-0.25, -0.2) is 0 Å². The molecule has 154 valence electrons. The Bertz CT molecular complexity index is 848. The van der Waals surface area contributed by atoms with Crippen molar-refractivity contribution in [1.82, 2.24) is 10.2 Å². The van der Waals surface area contributed by atoms with Gasteiger partial charge in [0.25, 0.3) is 0 Å². The van der Waals surface area contributed by atoms with Crippen molar-refractivity contribution in [3.8, 4) is 0 Å². The number of rotatable bonds is 6. The summed E-state index contributed by atoms with van der Waals surface area (Å²) in [5.41, 5.74) is 2.81. The van der Waals surface area contributed by atoms with Gasteiger partial charge in [-0.15, -0.1) is 0 Å². The number of benzene rings is 2. The first-order chi connectivity index (χ1) is 13.9. The molecule has 0 radical (unpaired) electrons. The summed E-state index contributed by atoms with van der Waals surface area (Å²) in [6.07, 6.45) is 1.52. The molecule has 2 amide bonds. The van der Waals surface area contributed by atoms with E-state index in [2.05, 4.69) is 15.5 Å². The summed E-state index contributed by atoms with van der Waals surface area (Å²) >= 11 is 6.04. The molecule has 0 unspecified atom stereocenters. The molecule has 1 aliphatic heterocycles. The number of nitrogens with zero attached hydrogens (tertiary/aromatic N) is 1. The van der Waals surface area contributed by atoms with Crippen LogP contribution in [0.15, 0.2) is 48.5 Å². The second-order valence-corrected chi connectivity index (χ2v) is 8.07. The lowest BCUT2D eigenvalue weighted by Gasteiger charge is -2.34. The number of hydrogen-bond donors (Lipinski definition) is 2. The van der Waals surface area contributed by atoms with Crippen LogP contribution in [-0.2, 0) is 16.1 Å². The van der Waals surface area contributed by atoms with Crippen molar-refractivity contribution >= 4 is 29.1 Å². The van der Waals surface area contributed by atoms with E-state index in [1.54, 1.807) is 6.07 Å². The first-order valence-corrected chi connectivity index (χ1v) is 10.4. The predicted octanol–water partition coefficient (Wildman–Crippen LogP) is 4.00. The van der Waals surface area contributed by atoms with Gasteiger partial charge in [-0.05, 0) is 63.0 Å². The molecule has 2 aromatic carbocycles. The normalized spacial score (nSPS) is 16.2. The molecular formula is C23H28ClN3O2. The van der Waals surface area contributed by atoms with Crippen LogP contribution in [0.1, 0.15) is 30.9 Å². The fourth-order valence-electron chi connectivity index (χ4n) is 3.61. The smallest absolute Gasteiger partial charge is 0.241 e. The summed E-state index contributed by atoms with van der Waals surface area (Å²) in [5.74, 6) is 0.0444. The van der Waals surface area contributed by atoms with E-state index in [1.165, 1.54) is 0 Å². The minimum absolute atomic E-state index is 0.000368. The number of carbonyl (C=O) groups is 2. The van der Waals surface area contributed by atoms with E-state index in [4.69, 9.17) is 11.6 Å². The standard InChI is InChI=1S/C23H28ClN3O2/c1-16-8-9-20(24)14-21(16)26-22(28)17(2)27-12-10-19(11-13-27)23(29)25-15-18-6-4-3-5-7-18/h3-9,14,17,19H,10-13,15H2,1-2H3,(H,25,29)(H,26,28)/t17-/m1/s1. The lowest BCUT2D eigenvalue weighted by molar-refractivity contribution is -0.127. The molecule has 2 aromatic rings. The minimum Gasteiger partial charge on any atom is -0.352 e. The summed E-state index contributed by atoms with van der Waals surface area (Å²) in [6, 6.07) is 15.1. The van der Waals surface area contributed by atoms with Crippen molar-refractivity contribution in [2.24, 2.45) is 5.92 Å². The minimum atomic E-state index is -0.262. The van der Waals surface area contributed by atoms with Gasteiger partial charge in [0.1, 0.15) is 0 Å². The van der Waals surface area contributed by atoms with Crippen LogP contribution < -0.4 is 10.6 Å². The van der Waals surface area contributed by atoms with E-state index >= 15 is 0 Å². The van der Waals surface area contributed by atoms with Gasteiger partial charge in [-0.1, -0.05) is 48.0 Å². The van der Waals surface area contributed by atoms with Crippen LogP contribution in [0, 0.1) is 12.8 Å². The number of carbonyl (C=O) groups excluding carboxylic acids is 2. The van der Waals surface area contributed by atoms with Gasteiger partial charge in [0.15, 0.2) is 0 Å². The van der Waals surface area contributed by atoms with Gasteiger partial charge in [-0.2, -0.15) is 0 Å². The molecule has 6 heteroatoms. The molecule has 0 spiro atoms. The average molecular weight is 414 g/mol. The van der Waals surface area contributed by atoms with Gasteiger partial charge in [0, 0.05) is 23.2 Å². The maximum absolute atomic E-state index is 12.7. The van der Waals surface area contributed by atoms with Crippen LogP contribution in [0.25, 0.3) is 0 Å². The molecule has 1 aliphatic rings. The lowest BCUT2D eigenvalue weighted by Crippen LogP contribution is -2.48. The van der Waals surface area contributed by atoms with Crippen LogP contribution >= 0.6 is 11.6 Å². The Hall–Kier alpha value is -2.37. The Balaban J connectivity index is 1.47. The molecule has 5 nitrogen and oxygen atoms in total. The molecule has 29 heavy (non-hydrogen) atoms. The molecule has 2 N–H and O–H groups in total. The number of halogens is 1. The van der Waals surface area contributed by atoms with Gasteiger partial charge in [0.05, 0.1) is 6.04 Å². The van der Waals surface area contributed by atoms with Crippen LogP contribution in [0.4, 0.5) is 5.69 Å². The molecule has 1 heterocycles. The second kappa shape index (κ2) is 9.90. The Kier molecular flexibility index (Phi) is 7.29. The molecule has 0 aromatic heterocycles.